The molecule has 2 amide bonds. The molecule has 1 aromatic rings. The van der Waals surface area contributed by atoms with E-state index < -0.39 is 0 Å². The first-order valence-corrected chi connectivity index (χ1v) is 9.38. The van der Waals surface area contributed by atoms with Gasteiger partial charge in [0.2, 0.25) is 5.91 Å². The largest absolute Gasteiger partial charge is 0.346 e. The highest BCUT2D eigenvalue weighted by Gasteiger charge is 2.54. The summed E-state index contributed by atoms with van der Waals surface area (Å²) in [6.07, 6.45) is 8.88. The van der Waals surface area contributed by atoms with E-state index in [2.05, 4.69) is 10.3 Å². The lowest BCUT2D eigenvalue weighted by Crippen LogP contribution is -2.54. The van der Waals surface area contributed by atoms with Crippen molar-refractivity contribution in [1.82, 2.24) is 9.88 Å². The summed E-state index contributed by atoms with van der Waals surface area (Å²) in [7, 11) is 1.86. The van der Waals surface area contributed by atoms with Crippen LogP contribution in [0.4, 0.5) is 0 Å². The lowest BCUT2D eigenvalue weighted by molar-refractivity contribution is -0.147. The molecule has 4 aliphatic rings. The van der Waals surface area contributed by atoms with Gasteiger partial charge in [-0.05, 0) is 56.3 Å². The maximum absolute atomic E-state index is 12.8. The minimum atomic E-state index is -0.277. The summed E-state index contributed by atoms with van der Waals surface area (Å²) < 4.78 is 1.81. The van der Waals surface area contributed by atoms with E-state index in [0.717, 1.165) is 37.0 Å². The molecule has 0 aromatic carbocycles. The molecule has 0 radical (unpaired) electrons. The van der Waals surface area contributed by atoms with Crippen molar-refractivity contribution in [2.24, 2.45) is 35.2 Å². The molecule has 4 bridgehead atoms. The zero-order chi connectivity index (χ0) is 16.0. The van der Waals surface area contributed by atoms with Crippen LogP contribution in [0.5, 0.6) is 0 Å². The molecular formula is C17H23N3O2S. The Labute approximate surface area is 139 Å². The third-order valence-electron chi connectivity index (χ3n) is 5.90. The van der Waals surface area contributed by atoms with Gasteiger partial charge in [0.05, 0.1) is 6.54 Å². The Morgan fingerprint density at radius 3 is 2.39 bits per heavy atom. The van der Waals surface area contributed by atoms with Crippen LogP contribution in [0, 0.1) is 23.2 Å². The molecule has 5 rings (SSSR count). The fourth-order valence-corrected chi connectivity index (χ4v) is 6.06. The summed E-state index contributed by atoms with van der Waals surface area (Å²) in [5.41, 5.74) is -0.192. The van der Waals surface area contributed by atoms with Crippen molar-refractivity contribution in [3.05, 3.63) is 16.4 Å². The summed E-state index contributed by atoms with van der Waals surface area (Å²) in [6, 6.07) is 0. The van der Waals surface area contributed by atoms with Crippen LogP contribution < -0.4 is 10.1 Å². The highest BCUT2D eigenvalue weighted by atomic mass is 32.1. The average Bonchev–Trinajstić information content (AvgIpc) is 2.88. The Bertz CT molecular complexity index is 667. The third-order valence-corrected chi connectivity index (χ3v) is 6.75. The first-order chi connectivity index (χ1) is 11.0. The van der Waals surface area contributed by atoms with Crippen LogP contribution in [0.1, 0.15) is 38.5 Å². The number of thiazole rings is 1. The Kier molecular flexibility index (Phi) is 3.67. The van der Waals surface area contributed by atoms with Crippen molar-refractivity contribution in [2.75, 3.05) is 6.54 Å². The fraction of sp³-hybridized carbons (Fsp3) is 0.706. The van der Waals surface area contributed by atoms with E-state index in [9.17, 15) is 9.59 Å². The summed E-state index contributed by atoms with van der Waals surface area (Å²) in [5.74, 6) is 2.02. The number of carbonyl (C=O) groups is 2. The molecule has 4 saturated carbocycles. The predicted molar refractivity (Wildman–Crippen MR) is 87.5 cm³/mol. The summed E-state index contributed by atoms with van der Waals surface area (Å²) in [4.78, 5) is 29.5. The number of amides is 2. The van der Waals surface area contributed by atoms with E-state index in [1.807, 2.05) is 23.2 Å². The van der Waals surface area contributed by atoms with Crippen LogP contribution >= 0.6 is 11.3 Å². The van der Waals surface area contributed by atoms with Crippen molar-refractivity contribution >= 4 is 23.2 Å². The van der Waals surface area contributed by atoms with E-state index in [4.69, 9.17) is 0 Å². The topological polar surface area (TPSA) is 63.5 Å². The van der Waals surface area contributed by atoms with Gasteiger partial charge in [-0.3, -0.25) is 9.59 Å². The molecule has 4 fully saturated rings. The first-order valence-electron chi connectivity index (χ1n) is 8.50. The fourth-order valence-electron chi connectivity index (χ4n) is 5.31. The van der Waals surface area contributed by atoms with Crippen LogP contribution in [0.2, 0.25) is 0 Å². The van der Waals surface area contributed by atoms with Gasteiger partial charge < -0.3 is 9.88 Å². The van der Waals surface area contributed by atoms with Gasteiger partial charge in [0.15, 0.2) is 4.80 Å². The van der Waals surface area contributed by atoms with Gasteiger partial charge in [0, 0.05) is 24.0 Å². The summed E-state index contributed by atoms with van der Waals surface area (Å²) in [6.45, 7) is 0.0124. The second-order valence-corrected chi connectivity index (χ2v) is 8.56. The number of nitrogens with zero attached hydrogens (tertiary/aromatic N) is 2. The van der Waals surface area contributed by atoms with Crippen LogP contribution in [-0.4, -0.2) is 22.9 Å². The van der Waals surface area contributed by atoms with Gasteiger partial charge in [-0.1, -0.05) is 0 Å². The minimum absolute atomic E-state index is 0.0124. The molecule has 6 heteroatoms. The Morgan fingerprint density at radius 2 is 1.87 bits per heavy atom. The second kappa shape index (κ2) is 5.58. The molecule has 4 aliphatic carbocycles. The normalized spacial score (nSPS) is 35.5. The summed E-state index contributed by atoms with van der Waals surface area (Å²) in [5, 5.41) is 4.77. The minimum Gasteiger partial charge on any atom is -0.346 e. The Balaban J connectivity index is 1.41. The Morgan fingerprint density at radius 1 is 1.26 bits per heavy atom. The third kappa shape index (κ3) is 2.77. The van der Waals surface area contributed by atoms with Gasteiger partial charge in [-0.2, -0.15) is 4.99 Å². The van der Waals surface area contributed by atoms with Gasteiger partial charge in [0.25, 0.3) is 5.91 Å². The van der Waals surface area contributed by atoms with E-state index >= 15 is 0 Å². The molecule has 1 aromatic heterocycles. The lowest BCUT2D eigenvalue weighted by Gasteiger charge is -2.55. The maximum atomic E-state index is 12.8. The van der Waals surface area contributed by atoms with Crippen molar-refractivity contribution in [1.29, 1.82) is 0 Å². The standard InChI is InChI=1S/C17H23N3O2S/c1-20-2-3-23-16(20)19-14(21)10-18-15(22)17-7-11-4-12(8-17)6-13(5-11)9-17/h2-3,11-13H,4-10H2,1H3,(H,18,22). The molecule has 0 saturated heterocycles. The zero-order valence-corrected chi connectivity index (χ0v) is 14.3. The second-order valence-electron chi connectivity index (χ2n) is 7.68. The van der Waals surface area contributed by atoms with E-state index in [1.54, 1.807) is 0 Å². The number of hydrogen-bond acceptors (Lipinski definition) is 3. The molecule has 0 unspecified atom stereocenters. The van der Waals surface area contributed by atoms with Gasteiger partial charge in [-0.15, -0.1) is 11.3 Å². The van der Waals surface area contributed by atoms with Crippen molar-refractivity contribution in [3.63, 3.8) is 0 Å². The number of carbonyl (C=O) groups excluding carboxylic acids is 2. The van der Waals surface area contributed by atoms with Crippen LogP contribution in [-0.2, 0) is 16.6 Å². The van der Waals surface area contributed by atoms with Crippen molar-refractivity contribution < 1.29 is 9.59 Å². The highest BCUT2D eigenvalue weighted by Crippen LogP contribution is 2.60. The van der Waals surface area contributed by atoms with Gasteiger partial charge in [-0.25, -0.2) is 0 Å². The number of aromatic nitrogens is 1. The molecule has 1 heterocycles. The van der Waals surface area contributed by atoms with E-state index in [0.29, 0.717) is 4.80 Å². The SMILES string of the molecule is Cn1ccsc1=NC(=O)CNC(=O)C12CC3CC(CC(C3)C1)C2. The summed E-state index contributed by atoms with van der Waals surface area (Å²) >= 11 is 1.42. The van der Waals surface area contributed by atoms with E-state index in [1.165, 1.54) is 30.6 Å². The van der Waals surface area contributed by atoms with Crippen LogP contribution in [0.25, 0.3) is 0 Å². The predicted octanol–water partition coefficient (Wildman–Crippen LogP) is 1.85. The van der Waals surface area contributed by atoms with Crippen LogP contribution in [0.3, 0.4) is 0 Å². The first kappa shape index (κ1) is 15.1. The average molecular weight is 333 g/mol. The molecule has 0 atom stereocenters. The molecule has 1 N–H and O–H groups in total. The highest BCUT2D eigenvalue weighted by molar-refractivity contribution is 7.07. The van der Waals surface area contributed by atoms with Crippen molar-refractivity contribution in [2.45, 2.75) is 38.5 Å². The molecule has 23 heavy (non-hydrogen) atoms. The van der Waals surface area contributed by atoms with E-state index in [-0.39, 0.29) is 23.8 Å². The zero-order valence-electron chi connectivity index (χ0n) is 13.5. The number of aryl methyl sites for hydroxylation is 1. The molecular weight excluding hydrogens is 310 g/mol. The monoisotopic (exact) mass is 333 g/mol. The van der Waals surface area contributed by atoms with Crippen LogP contribution in [0.15, 0.2) is 16.6 Å². The molecule has 0 spiro atoms. The van der Waals surface area contributed by atoms with Gasteiger partial charge >= 0.3 is 0 Å². The smallest absolute Gasteiger partial charge is 0.267 e. The number of nitrogens with one attached hydrogen (secondary N) is 1. The molecule has 124 valence electrons. The Hall–Kier alpha value is -1.43. The maximum Gasteiger partial charge on any atom is 0.267 e. The molecule has 5 nitrogen and oxygen atoms in total. The van der Waals surface area contributed by atoms with Crippen molar-refractivity contribution in [3.8, 4) is 0 Å². The number of hydrogen-bond donors (Lipinski definition) is 1. The quantitative estimate of drug-likeness (QED) is 0.917. The van der Waals surface area contributed by atoms with Gasteiger partial charge in [0.1, 0.15) is 0 Å². The lowest BCUT2D eigenvalue weighted by atomic mass is 9.49. The molecule has 0 aliphatic heterocycles. The number of rotatable bonds is 3.